The summed E-state index contributed by atoms with van der Waals surface area (Å²) >= 11 is 0. The maximum absolute atomic E-state index is 5.73. The first-order valence-electron chi connectivity index (χ1n) is 7.94. The first kappa shape index (κ1) is 13.9. The van der Waals surface area contributed by atoms with Crippen molar-refractivity contribution >= 4 is 5.69 Å². The van der Waals surface area contributed by atoms with Crippen LogP contribution in [0.1, 0.15) is 43.4 Å². The molecular formula is C17H26N2O. The van der Waals surface area contributed by atoms with Gasteiger partial charge in [-0.1, -0.05) is 12.1 Å². The lowest BCUT2D eigenvalue weighted by Gasteiger charge is -2.22. The van der Waals surface area contributed by atoms with Gasteiger partial charge < -0.3 is 15.0 Å². The van der Waals surface area contributed by atoms with Crippen LogP contribution in [0.4, 0.5) is 5.69 Å². The Balaban J connectivity index is 1.64. The highest BCUT2D eigenvalue weighted by Crippen LogP contribution is 2.31. The summed E-state index contributed by atoms with van der Waals surface area (Å²) in [6.45, 7) is 5.48. The summed E-state index contributed by atoms with van der Waals surface area (Å²) in [4.78, 5) is 2.53. The predicted molar refractivity (Wildman–Crippen MR) is 83.4 cm³/mol. The summed E-state index contributed by atoms with van der Waals surface area (Å²) < 4.78 is 5.73. The third kappa shape index (κ3) is 2.84. The molecule has 2 aliphatic heterocycles. The lowest BCUT2D eigenvalue weighted by atomic mass is 10.0. The van der Waals surface area contributed by atoms with Crippen LogP contribution in [0.2, 0.25) is 0 Å². The molecule has 2 atom stereocenters. The fourth-order valence-electron chi connectivity index (χ4n) is 3.33. The molecule has 0 aromatic heterocycles. The van der Waals surface area contributed by atoms with Gasteiger partial charge in [-0.25, -0.2) is 0 Å². The van der Waals surface area contributed by atoms with Gasteiger partial charge in [0.25, 0.3) is 0 Å². The molecule has 0 amide bonds. The molecule has 0 bridgehead atoms. The fraction of sp³-hybridized carbons (Fsp3) is 0.647. The van der Waals surface area contributed by atoms with Gasteiger partial charge in [-0.2, -0.15) is 0 Å². The highest BCUT2D eigenvalue weighted by Gasteiger charge is 2.22. The van der Waals surface area contributed by atoms with Crippen molar-refractivity contribution < 1.29 is 4.74 Å². The second-order valence-electron chi connectivity index (χ2n) is 6.06. The quantitative estimate of drug-likeness (QED) is 0.893. The fourth-order valence-corrected chi connectivity index (χ4v) is 3.33. The van der Waals surface area contributed by atoms with Gasteiger partial charge in [0.1, 0.15) is 0 Å². The molecule has 3 nitrogen and oxygen atoms in total. The second kappa shape index (κ2) is 6.15. The number of benzene rings is 1. The molecule has 3 rings (SSSR count). The Labute approximate surface area is 122 Å². The van der Waals surface area contributed by atoms with E-state index in [0.29, 0.717) is 12.1 Å². The number of nitrogens with one attached hydrogen (secondary N) is 1. The Kier molecular flexibility index (Phi) is 4.27. The molecule has 0 spiro atoms. The number of nitrogens with zero attached hydrogens (tertiary/aromatic N) is 1. The van der Waals surface area contributed by atoms with Crippen molar-refractivity contribution in [3.8, 4) is 0 Å². The van der Waals surface area contributed by atoms with E-state index in [0.717, 1.165) is 13.2 Å². The third-order valence-corrected chi connectivity index (χ3v) is 4.77. The highest BCUT2D eigenvalue weighted by molar-refractivity contribution is 5.59. The normalized spacial score (nSPS) is 23.1. The van der Waals surface area contributed by atoms with E-state index >= 15 is 0 Å². The molecule has 2 unspecified atom stereocenters. The molecule has 2 aliphatic rings. The van der Waals surface area contributed by atoms with Crippen molar-refractivity contribution in [2.75, 3.05) is 31.6 Å². The summed E-state index contributed by atoms with van der Waals surface area (Å²) in [6.07, 6.45) is 5.35. The molecular weight excluding hydrogens is 248 g/mol. The van der Waals surface area contributed by atoms with Crippen molar-refractivity contribution in [2.45, 2.75) is 44.8 Å². The molecule has 20 heavy (non-hydrogen) atoms. The SMILES string of the molecule is CNC(C)c1ccc2c(c1)CCN2CCC1CCCO1. The average molecular weight is 274 g/mol. The molecule has 1 aromatic carbocycles. The molecule has 1 saturated heterocycles. The van der Waals surface area contributed by atoms with E-state index in [1.54, 1.807) is 0 Å². The number of fused-ring (bicyclic) bond motifs is 1. The molecule has 110 valence electrons. The highest BCUT2D eigenvalue weighted by atomic mass is 16.5. The van der Waals surface area contributed by atoms with Crippen LogP contribution in [0, 0.1) is 0 Å². The summed E-state index contributed by atoms with van der Waals surface area (Å²) in [7, 11) is 2.02. The van der Waals surface area contributed by atoms with Crippen LogP contribution in [0.25, 0.3) is 0 Å². The zero-order valence-corrected chi connectivity index (χ0v) is 12.7. The van der Waals surface area contributed by atoms with E-state index in [2.05, 4.69) is 35.3 Å². The summed E-state index contributed by atoms with van der Waals surface area (Å²) in [5.74, 6) is 0. The van der Waals surface area contributed by atoms with Gasteiger partial charge in [-0.3, -0.25) is 0 Å². The van der Waals surface area contributed by atoms with Crippen LogP contribution < -0.4 is 10.2 Å². The van der Waals surface area contributed by atoms with E-state index in [1.165, 1.54) is 49.0 Å². The first-order valence-corrected chi connectivity index (χ1v) is 7.94. The molecule has 0 saturated carbocycles. The molecule has 0 radical (unpaired) electrons. The van der Waals surface area contributed by atoms with Gasteiger partial charge >= 0.3 is 0 Å². The lowest BCUT2D eigenvalue weighted by molar-refractivity contribution is 0.106. The van der Waals surface area contributed by atoms with Crippen molar-refractivity contribution in [3.63, 3.8) is 0 Å². The van der Waals surface area contributed by atoms with Crippen LogP contribution in [0.5, 0.6) is 0 Å². The van der Waals surface area contributed by atoms with E-state index in [1.807, 2.05) is 7.05 Å². The van der Waals surface area contributed by atoms with Crippen LogP contribution in [0.3, 0.4) is 0 Å². The summed E-state index contributed by atoms with van der Waals surface area (Å²) in [6, 6.07) is 7.38. The minimum Gasteiger partial charge on any atom is -0.378 e. The molecule has 2 heterocycles. The Morgan fingerprint density at radius 3 is 3.10 bits per heavy atom. The Hall–Kier alpha value is -1.06. The molecule has 0 aliphatic carbocycles. The maximum atomic E-state index is 5.73. The zero-order chi connectivity index (χ0) is 13.9. The summed E-state index contributed by atoms with van der Waals surface area (Å²) in [5.41, 5.74) is 4.35. The molecule has 1 fully saturated rings. The van der Waals surface area contributed by atoms with Crippen LogP contribution in [-0.4, -0.2) is 32.8 Å². The monoisotopic (exact) mass is 274 g/mol. The van der Waals surface area contributed by atoms with Gasteiger partial charge in [0.15, 0.2) is 0 Å². The largest absolute Gasteiger partial charge is 0.378 e. The number of anilines is 1. The maximum Gasteiger partial charge on any atom is 0.0592 e. The smallest absolute Gasteiger partial charge is 0.0592 e. The molecule has 3 heteroatoms. The Morgan fingerprint density at radius 2 is 2.35 bits per heavy atom. The first-order chi connectivity index (χ1) is 9.78. The standard InChI is InChI=1S/C17H26N2O/c1-13(18-2)14-5-6-17-15(12-14)7-9-19(17)10-8-16-4-3-11-20-16/h5-6,12-13,16,18H,3-4,7-11H2,1-2H3. The minimum atomic E-state index is 0.432. The van der Waals surface area contributed by atoms with Gasteiger partial charge in [0.2, 0.25) is 0 Å². The van der Waals surface area contributed by atoms with E-state index in [4.69, 9.17) is 4.74 Å². The van der Waals surface area contributed by atoms with Crippen molar-refractivity contribution in [2.24, 2.45) is 0 Å². The third-order valence-electron chi connectivity index (χ3n) is 4.77. The van der Waals surface area contributed by atoms with Gasteiger partial charge in [-0.05, 0) is 56.8 Å². The summed E-state index contributed by atoms with van der Waals surface area (Å²) in [5, 5.41) is 3.32. The van der Waals surface area contributed by atoms with Crippen molar-refractivity contribution in [1.82, 2.24) is 5.32 Å². The Bertz CT molecular complexity index is 454. The Morgan fingerprint density at radius 1 is 1.45 bits per heavy atom. The zero-order valence-electron chi connectivity index (χ0n) is 12.7. The number of hydrogen-bond donors (Lipinski definition) is 1. The van der Waals surface area contributed by atoms with Crippen LogP contribution in [-0.2, 0) is 11.2 Å². The topological polar surface area (TPSA) is 24.5 Å². The average Bonchev–Trinajstić information content (AvgIpc) is 3.13. The molecule has 1 N–H and O–H groups in total. The van der Waals surface area contributed by atoms with Crippen LogP contribution in [0.15, 0.2) is 18.2 Å². The van der Waals surface area contributed by atoms with Crippen molar-refractivity contribution in [1.29, 1.82) is 0 Å². The number of ether oxygens (including phenoxy) is 1. The van der Waals surface area contributed by atoms with Gasteiger partial charge in [0.05, 0.1) is 6.10 Å². The van der Waals surface area contributed by atoms with Gasteiger partial charge in [0, 0.05) is 31.4 Å². The van der Waals surface area contributed by atoms with E-state index in [9.17, 15) is 0 Å². The van der Waals surface area contributed by atoms with Crippen molar-refractivity contribution in [3.05, 3.63) is 29.3 Å². The minimum absolute atomic E-state index is 0.432. The van der Waals surface area contributed by atoms with E-state index < -0.39 is 0 Å². The van der Waals surface area contributed by atoms with Gasteiger partial charge in [-0.15, -0.1) is 0 Å². The van der Waals surface area contributed by atoms with E-state index in [-0.39, 0.29) is 0 Å². The van der Waals surface area contributed by atoms with Crippen LogP contribution >= 0.6 is 0 Å². The molecule has 1 aromatic rings. The number of hydrogen-bond acceptors (Lipinski definition) is 3. The number of rotatable bonds is 5. The second-order valence-corrected chi connectivity index (χ2v) is 6.06. The predicted octanol–water partition coefficient (Wildman–Crippen LogP) is 2.90. The lowest BCUT2D eigenvalue weighted by Crippen LogP contribution is -2.25.